The predicted molar refractivity (Wildman–Crippen MR) is 150 cm³/mol. The van der Waals surface area contributed by atoms with Crippen LogP contribution in [0.1, 0.15) is 37.3 Å². The van der Waals surface area contributed by atoms with Crippen LogP contribution in [-0.4, -0.2) is 66.5 Å². The number of aliphatic imine (C=N–C) groups is 1. The Balaban J connectivity index is 2.11. The van der Waals surface area contributed by atoms with Crippen LogP contribution in [0.15, 0.2) is 59.6 Å². The molecule has 12 nitrogen and oxygen atoms in total. The maximum Gasteiger partial charge on any atom is 0.325 e. The Morgan fingerprint density at radius 3 is 2.27 bits per heavy atom. The van der Waals surface area contributed by atoms with Gasteiger partial charge in [0.25, 0.3) is 0 Å². The molecule has 8 N–H and O–H groups in total. The molecule has 0 bridgehead atoms. The molecule has 0 heterocycles. The van der Waals surface area contributed by atoms with E-state index in [1.807, 2.05) is 30.3 Å². The van der Waals surface area contributed by atoms with Gasteiger partial charge in [0, 0.05) is 19.4 Å². The van der Waals surface area contributed by atoms with Gasteiger partial charge in [0.2, 0.25) is 17.7 Å². The molecule has 0 aliphatic rings. The SMILES string of the molecule is CCOC(=O)CNC(=O)[C@H](Cc1ccccc1)NC(=O)[C@@H](CCCN=C(N)N)NC(=O)CCc1ccc(O)cc1. The summed E-state index contributed by atoms with van der Waals surface area (Å²) in [6.07, 6.45) is 1.29. The normalized spacial score (nSPS) is 11.9. The first-order valence-corrected chi connectivity index (χ1v) is 13.1. The third-order valence-electron chi connectivity index (χ3n) is 5.80. The topological polar surface area (TPSA) is 198 Å². The lowest BCUT2D eigenvalue weighted by Crippen LogP contribution is -2.55. The molecule has 2 aromatic rings. The number of hydrogen-bond donors (Lipinski definition) is 6. The average Bonchev–Trinajstić information content (AvgIpc) is 2.93. The number of phenols is 1. The molecule has 12 heteroatoms. The molecule has 0 radical (unpaired) electrons. The Labute approximate surface area is 233 Å². The van der Waals surface area contributed by atoms with Gasteiger partial charge in [-0.3, -0.25) is 24.2 Å². The summed E-state index contributed by atoms with van der Waals surface area (Å²) >= 11 is 0. The predicted octanol–water partition coefficient (Wildman–Crippen LogP) is 0.270. The molecule has 0 aliphatic heterocycles. The molecule has 2 atom stereocenters. The van der Waals surface area contributed by atoms with Gasteiger partial charge in [0.15, 0.2) is 5.96 Å². The highest BCUT2D eigenvalue weighted by molar-refractivity contribution is 5.93. The van der Waals surface area contributed by atoms with Crippen LogP contribution in [0.3, 0.4) is 0 Å². The second kappa shape index (κ2) is 17.1. The Bertz CT molecular complexity index is 1140. The highest BCUT2D eigenvalue weighted by Gasteiger charge is 2.27. The lowest BCUT2D eigenvalue weighted by atomic mass is 10.0. The molecule has 0 aromatic heterocycles. The van der Waals surface area contributed by atoms with Crippen molar-refractivity contribution in [1.82, 2.24) is 16.0 Å². The van der Waals surface area contributed by atoms with Crippen LogP contribution < -0.4 is 27.4 Å². The van der Waals surface area contributed by atoms with E-state index in [2.05, 4.69) is 20.9 Å². The standard InChI is InChI=1S/C28H38N6O6/c1-2-40-25(37)18-32-26(38)23(17-20-7-4-3-5-8-20)34-27(39)22(9-6-16-31-28(29)30)33-24(36)15-12-19-10-13-21(35)14-11-19/h3-5,7-8,10-11,13-14,22-23,35H,2,6,9,12,15-18H2,1H3,(H,32,38)(H,33,36)(H,34,39)(H4,29,30,31)/t22-,23+/m1/s1. The number of amides is 3. The third-order valence-corrected chi connectivity index (χ3v) is 5.80. The minimum absolute atomic E-state index is 0.0832. The van der Waals surface area contributed by atoms with E-state index in [9.17, 15) is 24.3 Å². The largest absolute Gasteiger partial charge is 0.508 e. The van der Waals surface area contributed by atoms with Gasteiger partial charge in [-0.25, -0.2) is 0 Å². The Morgan fingerprint density at radius 1 is 0.925 bits per heavy atom. The molecular formula is C28H38N6O6. The molecule has 0 fully saturated rings. The summed E-state index contributed by atoms with van der Waals surface area (Å²) in [5, 5.41) is 17.4. The van der Waals surface area contributed by atoms with Crippen LogP contribution in [0.5, 0.6) is 5.75 Å². The number of hydrogen-bond acceptors (Lipinski definition) is 7. The van der Waals surface area contributed by atoms with Crippen molar-refractivity contribution in [2.24, 2.45) is 16.5 Å². The van der Waals surface area contributed by atoms with Crippen molar-refractivity contribution < 1.29 is 29.0 Å². The fourth-order valence-electron chi connectivity index (χ4n) is 3.79. The number of nitrogens with one attached hydrogen (secondary N) is 3. The lowest BCUT2D eigenvalue weighted by Gasteiger charge is -2.23. The fraction of sp³-hybridized carbons (Fsp3) is 0.393. The minimum atomic E-state index is -1.02. The zero-order valence-electron chi connectivity index (χ0n) is 22.6. The molecule has 0 saturated heterocycles. The average molecular weight is 555 g/mol. The number of nitrogens with zero attached hydrogens (tertiary/aromatic N) is 1. The number of guanidine groups is 1. The van der Waals surface area contributed by atoms with Crippen molar-refractivity contribution in [2.75, 3.05) is 19.7 Å². The highest BCUT2D eigenvalue weighted by atomic mass is 16.5. The molecule has 0 aliphatic carbocycles. The molecular weight excluding hydrogens is 516 g/mol. The van der Waals surface area contributed by atoms with Gasteiger partial charge in [-0.05, 0) is 49.4 Å². The van der Waals surface area contributed by atoms with E-state index in [1.165, 1.54) is 12.1 Å². The number of carbonyl (C=O) groups is 4. The Kier molecular flexibility index (Phi) is 13.5. The first kappa shape index (κ1) is 31.6. The molecule has 0 unspecified atom stereocenters. The molecule has 216 valence electrons. The highest BCUT2D eigenvalue weighted by Crippen LogP contribution is 2.11. The van der Waals surface area contributed by atoms with E-state index in [4.69, 9.17) is 16.2 Å². The monoisotopic (exact) mass is 554 g/mol. The number of nitrogens with two attached hydrogens (primary N) is 2. The minimum Gasteiger partial charge on any atom is -0.508 e. The number of benzene rings is 2. The van der Waals surface area contributed by atoms with Gasteiger partial charge in [0.05, 0.1) is 6.61 Å². The van der Waals surface area contributed by atoms with E-state index in [1.54, 1.807) is 19.1 Å². The van der Waals surface area contributed by atoms with E-state index >= 15 is 0 Å². The number of aromatic hydroxyl groups is 1. The van der Waals surface area contributed by atoms with Crippen LogP contribution >= 0.6 is 0 Å². The quantitative estimate of drug-likeness (QED) is 0.0735. The van der Waals surface area contributed by atoms with Crippen molar-refractivity contribution >= 4 is 29.7 Å². The maximum atomic E-state index is 13.4. The van der Waals surface area contributed by atoms with Gasteiger partial charge in [-0.1, -0.05) is 42.5 Å². The number of esters is 1. The second-order valence-corrected chi connectivity index (χ2v) is 9.01. The summed E-state index contributed by atoms with van der Waals surface area (Å²) in [5.41, 5.74) is 12.4. The Hall–Kier alpha value is -4.61. The smallest absolute Gasteiger partial charge is 0.325 e. The molecule has 2 aromatic carbocycles. The van der Waals surface area contributed by atoms with Gasteiger partial charge < -0.3 is 37.3 Å². The van der Waals surface area contributed by atoms with E-state index in [0.29, 0.717) is 12.8 Å². The summed E-state index contributed by atoms with van der Waals surface area (Å²) in [6.45, 7) is 1.74. The van der Waals surface area contributed by atoms with E-state index < -0.39 is 29.9 Å². The van der Waals surface area contributed by atoms with Crippen molar-refractivity contribution in [3.8, 4) is 5.75 Å². The van der Waals surface area contributed by atoms with Crippen LogP contribution in [-0.2, 0) is 36.8 Å². The van der Waals surface area contributed by atoms with Crippen molar-refractivity contribution in [3.05, 3.63) is 65.7 Å². The first-order chi connectivity index (χ1) is 19.2. The molecule has 3 amide bonds. The maximum absolute atomic E-state index is 13.4. The van der Waals surface area contributed by atoms with Crippen LogP contribution in [0.2, 0.25) is 0 Å². The van der Waals surface area contributed by atoms with Crippen molar-refractivity contribution in [2.45, 2.75) is 51.1 Å². The third kappa shape index (κ3) is 12.3. The van der Waals surface area contributed by atoms with Crippen LogP contribution in [0, 0.1) is 0 Å². The zero-order valence-corrected chi connectivity index (χ0v) is 22.6. The van der Waals surface area contributed by atoms with Crippen LogP contribution in [0.4, 0.5) is 0 Å². The number of rotatable bonds is 16. The number of ether oxygens (including phenoxy) is 1. The van der Waals surface area contributed by atoms with Crippen molar-refractivity contribution in [3.63, 3.8) is 0 Å². The summed E-state index contributed by atoms with van der Waals surface area (Å²) < 4.78 is 4.86. The number of phenolic OH excluding ortho intramolecular Hbond substituents is 1. The second-order valence-electron chi connectivity index (χ2n) is 9.01. The summed E-state index contributed by atoms with van der Waals surface area (Å²) in [6, 6.07) is 13.6. The van der Waals surface area contributed by atoms with Gasteiger partial charge in [-0.2, -0.15) is 0 Å². The summed E-state index contributed by atoms with van der Waals surface area (Å²) in [4.78, 5) is 54.7. The molecule has 40 heavy (non-hydrogen) atoms. The van der Waals surface area contributed by atoms with Crippen LogP contribution in [0.25, 0.3) is 0 Å². The first-order valence-electron chi connectivity index (χ1n) is 13.1. The van der Waals surface area contributed by atoms with E-state index in [0.717, 1.165) is 11.1 Å². The lowest BCUT2D eigenvalue weighted by molar-refractivity contribution is -0.143. The van der Waals surface area contributed by atoms with E-state index in [-0.39, 0.29) is 56.6 Å². The van der Waals surface area contributed by atoms with Gasteiger partial charge >= 0.3 is 5.97 Å². The fourth-order valence-corrected chi connectivity index (χ4v) is 3.79. The Morgan fingerprint density at radius 2 is 1.62 bits per heavy atom. The zero-order chi connectivity index (χ0) is 29.3. The summed E-state index contributed by atoms with van der Waals surface area (Å²) in [7, 11) is 0. The molecule has 0 saturated carbocycles. The summed E-state index contributed by atoms with van der Waals surface area (Å²) in [5.74, 6) is -2.04. The molecule has 2 rings (SSSR count). The molecule has 0 spiro atoms. The van der Waals surface area contributed by atoms with Gasteiger partial charge in [0.1, 0.15) is 24.4 Å². The number of carbonyl (C=O) groups excluding carboxylic acids is 4. The van der Waals surface area contributed by atoms with Crippen molar-refractivity contribution in [1.29, 1.82) is 0 Å². The number of aryl methyl sites for hydroxylation is 1. The van der Waals surface area contributed by atoms with Gasteiger partial charge in [-0.15, -0.1) is 0 Å².